The van der Waals surface area contributed by atoms with Crippen molar-refractivity contribution in [2.24, 2.45) is 5.92 Å². The van der Waals surface area contributed by atoms with Gasteiger partial charge in [-0.1, -0.05) is 36.4 Å². The molecule has 0 spiro atoms. The third-order valence-electron chi connectivity index (χ3n) is 5.66. The maximum atomic E-state index is 13.1. The van der Waals surface area contributed by atoms with E-state index in [0.29, 0.717) is 28.4 Å². The number of hydrogen-bond donors (Lipinski definition) is 0. The van der Waals surface area contributed by atoms with E-state index in [2.05, 4.69) is 45.1 Å². The standard InChI is InChI=1S/C21H25BrN2O2S.ClH/c22-20-9-3-4-10-21(20)27(25,26)24-12-5-6-17(15-24)14-23-13-11-18-7-1-2-8-19(18)16-23;/h1-4,7-10,17H,5-6,11-16H2;1H. The molecule has 4 rings (SSSR count). The highest BCUT2D eigenvalue weighted by Gasteiger charge is 2.32. The normalized spacial score (nSPS) is 21.0. The summed E-state index contributed by atoms with van der Waals surface area (Å²) in [6.45, 7) is 4.23. The summed E-state index contributed by atoms with van der Waals surface area (Å²) in [4.78, 5) is 2.86. The van der Waals surface area contributed by atoms with Crippen LogP contribution in [0.4, 0.5) is 0 Å². The number of halogens is 2. The highest BCUT2D eigenvalue weighted by Crippen LogP contribution is 2.29. The Bertz CT molecular complexity index is 922. The number of hydrogen-bond acceptors (Lipinski definition) is 3. The van der Waals surface area contributed by atoms with Gasteiger partial charge in [0.15, 0.2) is 0 Å². The Kier molecular flexibility index (Phi) is 7.21. The molecule has 0 amide bonds. The Balaban J connectivity index is 0.00000225. The smallest absolute Gasteiger partial charge is 0.244 e. The minimum atomic E-state index is -3.45. The molecule has 1 atom stereocenters. The number of fused-ring (bicyclic) bond motifs is 1. The molecule has 0 aliphatic carbocycles. The average molecular weight is 486 g/mol. The maximum Gasteiger partial charge on any atom is 0.244 e. The van der Waals surface area contributed by atoms with Gasteiger partial charge in [-0.3, -0.25) is 4.90 Å². The van der Waals surface area contributed by atoms with Crippen LogP contribution in [0.1, 0.15) is 24.0 Å². The fraction of sp³-hybridized carbons (Fsp3) is 0.429. The van der Waals surface area contributed by atoms with Crippen LogP contribution in [0, 0.1) is 5.92 Å². The van der Waals surface area contributed by atoms with Gasteiger partial charge in [0.05, 0.1) is 4.90 Å². The first-order valence-electron chi connectivity index (χ1n) is 9.58. The van der Waals surface area contributed by atoms with Crippen LogP contribution in [0.2, 0.25) is 0 Å². The first kappa shape index (κ1) is 21.8. The summed E-state index contributed by atoms with van der Waals surface area (Å²) >= 11 is 3.39. The van der Waals surface area contributed by atoms with Gasteiger partial charge in [-0.25, -0.2) is 8.42 Å². The average Bonchev–Trinajstić information content (AvgIpc) is 2.68. The first-order valence-corrected chi connectivity index (χ1v) is 11.8. The molecule has 28 heavy (non-hydrogen) atoms. The Morgan fingerprint density at radius 2 is 1.71 bits per heavy atom. The molecule has 4 nitrogen and oxygen atoms in total. The van der Waals surface area contributed by atoms with Gasteiger partial charge >= 0.3 is 0 Å². The van der Waals surface area contributed by atoms with Crippen LogP contribution in [0.5, 0.6) is 0 Å². The third-order valence-corrected chi connectivity index (χ3v) is 8.54. The Labute approximate surface area is 182 Å². The molecule has 7 heteroatoms. The second-order valence-corrected chi connectivity index (χ2v) is 10.3. The van der Waals surface area contributed by atoms with E-state index in [1.807, 2.05) is 6.07 Å². The van der Waals surface area contributed by atoms with Gasteiger partial charge in [0, 0.05) is 37.2 Å². The largest absolute Gasteiger partial charge is 0.298 e. The third kappa shape index (κ3) is 4.62. The van der Waals surface area contributed by atoms with Gasteiger partial charge < -0.3 is 0 Å². The van der Waals surface area contributed by atoms with E-state index in [4.69, 9.17) is 0 Å². The SMILES string of the molecule is Cl.O=S(=O)(c1ccccc1Br)N1CCCC(CN2CCc3ccccc3C2)C1. The molecular weight excluding hydrogens is 460 g/mol. The molecule has 0 aromatic heterocycles. The van der Waals surface area contributed by atoms with Gasteiger partial charge in [0.2, 0.25) is 10.0 Å². The Morgan fingerprint density at radius 1 is 1.00 bits per heavy atom. The van der Waals surface area contributed by atoms with Gasteiger partial charge in [-0.2, -0.15) is 4.31 Å². The van der Waals surface area contributed by atoms with Crippen LogP contribution in [-0.2, 0) is 23.0 Å². The molecule has 2 aromatic carbocycles. The molecule has 0 radical (unpaired) electrons. The Morgan fingerprint density at radius 3 is 2.50 bits per heavy atom. The predicted molar refractivity (Wildman–Crippen MR) is 118 cm³/mol. The van der Waals surface area contributed by atoms with Gasteiger partial charge in [0.25, 0.3) is 0 Å². The summed E-state index contributed by atoms with van der Waals surface area (Å²) in [6.07, 6.45) is 3.11. The molecule has 2 aliphatic rings. The van der Waals surface area contributed by atoms with E-state index in [9.17, 15) is 8.42 Å². The molecule has 1 fully saturated rings. The lowest BCUT2D eigenvalue weighted by atomic mass is 9.95. The van der Waals surface area contributed by atoms with E-state index in [-0.39, 0.29) is 12.4 Å². The van der Waals surface area contributed by atoms with E-state index in [1.165, 1.54) is 11.1 Å². The number of rotatable bonds is 4. The Hall–Kier alpha value is -0.920. The number of piperidine rings is 1. The monoisotopic (exact) mass is 484 g/mol. The molecule has 0 saturated carbocycles. The van der Waals surface area contributed by atoms with Crippen LogP contribution < -0.4 is 0 Å². The van der Waals surface area contributed by atoms with Crippen LogP contribution in [0.25, 0.3) is 0 Å². The molecule has 152 valence electrons. The van der Waals surface area contributed by atoms with E-state index in [0.717, 1.165) is 38.9 Å². The van der Waals surface area contributed by atoms with Crippen molar-refractivity contribution in [1.29, 1.82) is 0 Å². The second-order valence-electron chi connectivity index (χ2n) is 7.56. The molecule has 0 N–H and O–H groups in total. The highest BCUT2D eigenvalue weighted by atomic mass is 79.9. The first-order chi connectivity index (χ1) is 13.0. The molecule has 1 unspecified atom stereocenters. The van der Waals surface area contributed by atoms with Crippen molar-refractivity contribution < 1.29 is 8.42 Å². The lowest BCUT2D eigenvalue weighted by Gasteiger charge is -2.36. The van der Waals surface area contributed by atoms with Crippen molar-refractivity contribution >= 4 is 38.4 Å². The van der Waals surface area contributed by atoms with E-state index < -0.39 is 10.0 Å². The van der Waals surface area contributed by atoms with Crippen LogP contribution in [0.15, 0.2) is 57.9 Å². The fourth-order valence-electron chi connectivity index (χ4n) is 4.26. The maximum absolute atomic E-state index is 13.1. The summed E-state index contributed by atoms with van der Waals surface area (Å²) in [6, 6.07) is 15.8. The topological polar surface area (TPSA) is 40.6 Å². The minimum absolute atomic E-state index is 0. The summed E-state index contributed by atoms with van der Waals surface area (Å²) < 4.78 is 28.5. The molecule has 2 heterocycles. The zero-order valence-corrected chi connectivity index (χ0v) is 19.0. The summed E-state index contributed by atoms with van der Waals surface area (Å²) in [7, 11) is -3.45. The van der Waals surface area contributed by atoms with Crippen LogP contribution >= 0.6 is 28.3 Å². The van der Waals surface area contributed by atoms with Crippen molar-refractivity contribution in [3.63, 3.8) is 0 Å². The van der Waals surface area contributed by atoms with Crippen molar-refractivity contribution in [2.45, 2.75) is 30.7 Å². The minimum Gasteiger partial charge on any atom is -0.298 e. The number of sulfonamides is 1. The molecular formula is C21H26BrClN2O2S. The second kappa shape index (κ2) is 9.26. The lowest BCUT2D eigenvalue weighted by molar-refractivity contribution is 0.167. The molecule has 0 bridgehead atoms. The lowest BCUT2D eigenvalue weighted by Crippen LogP contribution is -2.44. The van der Waals surface area contributed by atoms with Gasteiger partial charge in [-0.15, -0.1) is 12.4 Å². The van der Waals surface area contributed by atoms with Crippen molar-refractivity contribution in [3.05, 3.63) is 64.1 Å². The number of benzene rings is 2. The van der Waals surface area contributed by atoms with Crippen molar-refractivity contribution in [3.8, 4) is 0 Å². The summed E-state index contributed by atoms with van der Waals surface area (Å²) in [5.74, 6) is 0.390. The zero-order valence-electron chi connectivity index (χ0n) is 15.8. The molecule has 1 saturated heterocycles. The van der Waals surface area contributed by atoms with Crippen LogP contribution in [-0.4, -0.2) is 43.8 Å². The van der Waals surface area contributed by atoms with Gasteiger partial charge in [-0.05, 0) is 64.4 Å². The molecule has 2 aromatic rings. The zero-order chi connectivity index (χ0) is 18.9. The van der Waals surface area contributed by atoms with E-state index >= 15 is 0 Å². The van der Waals surface area contributed by atoms with Crippen LogP contribution in [0.3, 0.4) is 0 Å². The highest BCUT2D eigenvalue weighted by molar-refractivity contribution is 9.10. The summed E-state index contributed by atoms with van der Waals surface area (Å²) in [5, 5.41) is 0. The number of nitrogens with zero attached hydrogens (tertiary/aromatic N) is 2. The van der Waals surface area contributed by atoms with Crippen molar-refractivity contribution in [2.75, 3.05) is 26.2 Å². The predicted octanol–water partition coefficient (Wildman–Crippen LogP) is 4.33. The summed E-state index contributed by atoms with van der Waals surface area (Å²) in [5.41, 5.74) is 2.87. The fourth-order valence-corrected chi connectivity index (χ4v) is 6.78. The van der Waals surface area contributed by atoms with Crippen molar-refractivity contribution in [1.82, 2.24) is 9.21 Å². The van der Waals surface area contributed by atoms with Gasteiger partial charge in [0.1, 0.15) is 0 Å². The quantitative estimate of drug-likeness (QED) is 0.647. The van der Waals surface area contributed by atoms with E-state index in [1.54, 1.807) is 22.5 Å². The molecule has 2 aliphatic heterocycles.